The van der Waals surface area contributed by atoms with E-state index in [2.05, 4.69) is 0 Å². The lowest BCUT2D eigenvalue weighted by molar-refractivity contribution is -0.149. The Morgan fingerprint density at radius 2 is 1.94 bits per heavy atom. The summed E-state index contributed by atoms with van der Waals surface area (Å²) in [6.45, 7) is 4.46. The molecule has 1 saturated heterocycles. The highest BCUT2D eigenvalue weighted by Crippen LogP contribution is 2.28. The van der Waals surface area contributed by atoms with Crippen molar-refractivity contribution in [3.8, 4) is 0 Å². The molecule has 0 spiro atoms. The van der Waals surface area contributed by atoms with E-state index in [1.165, 1.54) is 4.90 Å². The van der Waals surface area contributed by atoms with Crippen molar-refractivity contribution in [3.05, 3.63) is 0 Å². The fourth-order valence-electron chi connectivity index (χ4n) is 2.28. The molecule has 18 heavy (non-hydrogen) atoms. The van der Waals surface area contributed by atoms with Gasteiger partial charge in [0.1, 0.15) is 6.04 Å². The lowest BCUT2D eigenvalue weighted by Gasteiger charge is -2.25. The van der Waals surface area contributed by atoms with Gasteiger partial charge >= 0.3 is 12.1 Å². The van der Waals surface area contributed by atoms with Crippen LogP contribution in [0, 0.1) is 5.92 Å². The van der Waals surface area contributed by atoms with Crippen molar-refractivity contribution in [2.45, 2.75) is 32.7 Å². The van der Waals surface area contributed by atoms with E-state index >= 15 is 0 Å². The SMILES string of the molecule is CCOC(=O)[C@@H]1[C@@H](CCO)CCN1C(=O)OCC. The van der Waals surface area contributed by atoms with Crippen molar-refractivity contribution >= 4 is 12.1 Å². The smallest absolute Gasteiger partial charge is 0.410 e. The first kappa shape index (κ1) is 14.8. The predicted octanol–water partition coefficient (Wildman–Crippen LogP) is 0.779. The maximum absolute atomic E-state index is 11.9. The molecular weight excluding hydrogens is 238 g/mol. The Morgan fingerprint density at radius 3 is 2.50 bits per heavy atom. The van der Waals surface area contributed by atoms with Crippen LogP contribution in [0.5, 0.6) is 0 Å². The molecule has 0 bridgehead atoms. The first-order chi connectivity index (χ1) is 8.65. The molecule has 0 aliphatic carbocycles. The highest BCUT2D eigenvalue weighted by molar-refractivity contribution is 5.82. The number of hydrogen-bond donors (Lipinski definition) is 1. The van der Waals surface area contributed by atoms with Crippen LogP contribution in [-0.4, -0.2) is 54.5 Å². The van der Waals surface area contributed by atoms with Crippen molar-refractivity contribution in [1.29, 1.82) is 0 Å². The summed E-state index contributed by atoms with van der Waals surface area (Å²) in [6.07, 6.45) is 0.679. The number of esters is 1. The lowest BCUT2D eigenvalue weighted by Crippen LogP contribution is -2.44. The van der Waals surface area contributed by atoms with E-state index in [0.717, 1.165) is 0 Å². The Balaban J connectivity index is 2.76. The molecule has 0 aromatic rings. The quantitative estimate of drug-likeness (QED) is 0.738. The molecule has 6 heteroatoms. The molecule has 1 N–H and O–H groups in total. The van der Waals surface area contributed by atoms with Gasteiger partial charge in [0.05, 0.1) is 13.2 Å². The van der Waals surface area contributed by atoms with Crippen molar-refractivity contribution < 1.29 is 24.2 Å². The van der Waals surface area contributed by atoms with Crippen molar-refractivity contribution in [2.75, 3.05) is 26.4 Å². The first-order valence-electron chi connectivity index (χ1n) is 6.36. The standard InChI is InChI=1S/C12H21NO5/c1-3-17-11(15)10-9(6-8-14)5-7-13(10)12(16)18-4-2/h9-10,14H,3-8H2,1-2H3/t9-,10+/m1/s1. The van der Waals surface area contributed by atoms with Crippen LogP contribution in [0.3, 0.4) is 0 Å². The molecular formula is C12H21NO5. The number of aliphatic hydroxyl groups excluding tert-OH is 1. The van der Waals surface area contributed by atoms with E-state index in [4.69, 9.17) is 14.6 Å². The number of carbonyl (C=O) groups is 2. The van der Waals surface area contributed by atoms with Crippen LogP contribution in [0.2, 0.25) is 0 Å². The van der Waals surface area contributed by atoms with Gasteiger partial charge in [-0.2, -0.15) is 0 Å². The summed E-state index contributed by atoms with van der Waals surface area (Å²) in [5, 5.41) is 9.00. The number of ether oxygens (including phenoxy) is 2. The summed E-state index contributed by atoms with van der Waals surface area (Å²) in [7, 11) is 0. The van der Waals surface area contributed by atoms with Crippen molar-refractivity contribution in [1.82, 2.24) is 4.90 Å². The third kappa shape index (κ3) is 3.35. The molecule has 0 saturated carbocycles. The lowest BCUT2D eigenvalue weighted by atomic mass is 9.97. The Hall–Kier alpha value is -1.30. The molecule has 1 aliphatic heterocycles. The molecule has 0 aromatic heterocycles. The molecule has 0 unspecified atom stereocenters. The van der Waals surface area contributed by atoms with E-state index < -0.39 is 18.1 Å². The van der Waals surface area contributed by atoms with Gasteiger partial charge in [-0.15, -0.1) is 0 Å². The number of carbonyl (C=O) groups excluding carboxylic acids is 2. The molecule has 1 rings (SSSR count). The molecule has 2 atom stereocenters. The summed E-state index contributed by atoms with van der Waals surface area (Å²) in [5.74, 6) is -0.472. The average molecular weight is 259 g/mol. The van der Waals surface area contributed by atoms with E-state index in [1.54, 1.807) is 13.8 Å². The van der Waals surface area contributed by atoms with Crippen LogP contribution < -0.4 is 0 Å². The zero-order chi connectivity index (χ0) is 13.5. The number of amides is 1. The maximum atomic E-state index is 11.9. The van der Waals surface area contributed by atoms with Crippen molar-refractivity contribution in [3.63, 3.8) is 0 Å². The third-order valence-electron chi connectivity index (χ3n) is 3.05. The summed E-state index contributed by atoms with van der Waals surface area (Å²) in [6, 6.07) is -0.629. The van der Waals surface area contributed by atoms with Gasteiger partial charge in [-0.25, -0.2) is 9.59 Å². The van der Waals surface area contributed by atoms with Crippen LogP contribution in [0.25, 0.3) is 0 Å². The van der Waals surface area contributed by atoms with Crippen LogP contribution >= 0.6 is 0 Å². The van der Waals surface area contributed by atoms with Gasteiger partial charge < -0.3 is 14.6 Å². The topological polar surface area (TPSA) is 76.1 Å². The number of hydrogen-bond acceptors (Lipinski definition) is 5. The first-order valence-corrected chi connectivity index (χ1v) is 6.36. The summed E-state index contributed by atoms with van der Waals surface area (Å²) >= 11 is 0. The molecule has 1 fully saturated rings. The van der Waals surface area contributed by atoms with Gasteiger partial charge in [0.2, 0.25) is 0 Å². The van der Waals surface area contributed by atoms with Crippen LogP contribution in [0.1, 0.15) is 26.7 Å². The van der Waals surface area contributed by atoms with Gasteiger partial charge in [-0.1, -0.05) is 0 Å². The minimum absolute atomic E-state index is 0.00274. The fraction of sp³-hybridized carbons (Fsp3) is 0.833. The molecule has 1 heterocycles. The Kier molecular flexibility index (Phi) is 5.91. The number of likely N-dealkylation sites (tertiary alicyclic amines) is 1. The van der Waals surface area contributed by atoms with Gasteiger partial charge in [0.15, 0.2) is 0 Å². The largest absolute Gasteiger partial charge is 0.464 e. The van der Waals surface area contributed by atoms with E-state index in [9.17, 15) is 9.59 Å². The second-order valence-corrected chi connectivity index (χ2v) is 4.15. The Bertz CT molecular complexity index is 294. The maximum Gasteiger partial charge on any atom is 0.410 e. The Morgan fingerprint density at radius 1 is 1.28 bits per heavy atom. The second-order valence-electron chi connectivity index (χ2n) is 4.15. The van der Waals surface area contributed by atoms with E-state index in [0.29, 0.717) is 19.4 Å². The summed E-state index contributed by atoms with van der Waals surface area (Å²) in [4.78, 5) is 25.0. The monoisotopic (exact) mass is 259 g/mol. The molecule has 6 nitrogen and oxygen atoms in total. The van der Waals surface area contributed by atoms with Gasteiger partial charge in [0, 0.05) is 13.2 Å². The van der Waals surface area contributed by atoms with E-state index in [1.807, 2.05) is 0 Å². The van der Waals surface area contributed by atoms with Gasteiger partial charge in [0.25, 0.3) is 0 Å². The van der Waals surface area contributed by atoms with Gasteiger partial charge in [-0.05, 0) is 32.6 Å². The highest BCUT2D eigenvalue weighted by atomic mass is 16.6. The van der Waals surface area contributed by atoms with Crippen LogP contribution in [-0.2, 0) is 14.3 Å². The minimum Gasteiger partial charge on any atom is -0.464 e. The third-order valence-corrected chi connectivity index (χ3v) is 3.05. The second kappa shape index (κ2) is 7.20. The molecule has 1 amide bonds. The van der Waals surface area contributed by atoms with Gasteiger partial charge in [-0.3, -0.25) is 4.90 Å². The van der Waals surface area contributed by atoms with Crippen molar-refractivity contribution in [2.24, 2.45) is 5.92 Å². The highest BCUT2D eigenvalue weighted by Gasteiger charge is 2.43. The zero-order valence-corrected chi connectivity index (χ0v) is 10.9. The molecule has 0 radical (unpaired) electrons. The number of rotatable bonds is 5. The predicted molar refractivity (Wildman–Crippen MR) is 64.0 cm³/mol. The molecule has 104 valence electrons. The average Bonchev–Trinajstić information content (AvgIpc) is 2.74. The molecule has 0 aromatic carbocycles. The minimum atomic E-state index is -0.629. The number of nitrogens with zero attached hydrogens (tertiary/aromatic N) is 1. The summed E-state index contributed by atoms with van der Waals surface area (Å²) in [5.41, 5.74) is 0. The molecule has 1 aliphatic rings. The number of aliphatic hydroxyl groups is 1. The summed E-state index contributed by atoms with van der Waals surface area (Å²) < 4.78 is 9.92. The van der Waals surface area contributed by atoms with E-state index in [-0.39, 0.29) is 25.7 Å². The fourth-order valence-corrected chi connectivity index (χ4v) is 2.28. The van der Waals surface area contributed by atoms with Crippen LogP contribution in [0.15, 0.2) is 0 Å². The normalized spacial score (nSPS) is 22.9. The van der Waals surface area contributed by atoms with Crippen LogP contribution in [0.4, 0.5) is 4.79 Å². The zero-order valence-electron chi connectivity index (χ0n) is 10.9. The Labute approximate surface area is 107 Å².